The maximum atomic E-state index is 11.5. The van der Waals surface area contributed by atoms with Crippen LogP contribution < -0.4 is 11.1 Å². The van der Waals surface area contributed by atoms with E-state index in [9.17, 15) is 9.59 Å². The predicted molar refractivity (Wildman–Crippen MR) is 58.9 cm³/mol. The summed E-state index contributed by atoms with van der Waals surface area (Å²) in [5, 5.41) is 11.1. The third kappa shape index (κ3) is 4.16. The first-order chi connectivity index (χ1) is 7.49. The van der Waals surface area contributed by atoms with Gasteiger partial charge in [-0.15, -0.1) is 0 Å². The Morgan fingerprint density at radius 1 is 1.50 bits per heavy atom. The molecule has 0 aromatic rings. The Kier molecular flexibility index (Phi) is 4.70. The van der Waals surface area contributed by atoms with Gasteiger partial charge in [-0.25, -0.2) is 0 Å². The fraction of sp³-hybridized carbons (Fsp3) is 0.800. The Morgan fingerprint density at radius 3 is 2.56 bits per heavy atom. The number of amides is 1. The first kappa shape index (κ1) is 12.9. The van der Waals surface area contributed by atoms with E-state index in [1.807, 2.05) is 4.90 Å². The Bertz CT molecular complexity index is 262. The fourth-order valence-electron chi connectivity index (χ4n) is 1.66. The molecule has 1 heterocycles. The van der Waals surface area contributed by atoms with Crippen LogP contribution in [0.5, 0.6) is 0 Å². The van der Waals surface area contributed by atoms with Gasteiger partial charge in [0.05, 0.1) is 6.54 Å². The van der Waals surface area contributed by atoms with Crippen molar-refractivity contribution in [2.45, 2.75) is 31.8 Å². The molecular formula is C10H19N3O3. The number of nitrogens with two attached hydrogens (primary N) is 1. The van der Waals surface area contributed by atoms with Crippen LogP contribution in [0.1, 0.15) is 19.8 Å². The molecular weight excluding hydrogens is 210 g/mol. The number of carboxylic acid groups (broad SMARTS) is 1. The maximum Gasteiger partial charge on any atom is 0.325 e. The number of carbonyl (C=O) groups excluding carboxylic acids is 1. The van der Waals surface area contributed by atoms with Gasteiger partial charge in [0.25, 0.3) is 0 Å². The minimum Gasteiger partial charge on any atom is -0.480 e. The molecule has 1 amide bonds. The Morgan fingerprint density at radius 2 is 2.06 bits per heavy atom. The SMILES string of the molecule is C[C@@H](NC(=O)CN1CCC(N)CC1)C(=O)O. The minimum absolute atomic E-state index is 0.234. The molecule has 1 rings (SSSR count). The Hall–Kier alpha value is -1.14. The van der Waals surface area contributed by atoms with E-state index in [1.54, 1.807) is 0 Å². The number of carboxylic acids is 1. The van der Waals surface area contributed by atoms with E-state index >= 15 is 0 Å². The van der Waals surface area contributed by atoms with Crippen LogP contribution in [0.25, 0.3) is 0 Å². The van der Waals surface area contributed by atoms with Gasteiger partial charge >= 0.3 is 5.97 Å². The first-order valence-corrected chi connectivity index (χ1v) is 5.49. The lowest BCUT2D eigenvalue weighted by Gasteiger charge is -2.29. The van der Waals surface area contributed by atoms with E-state index in [-0.39, 0.29) is 18.5 Å². The molecule has 16 heavy (non-hydrogen) atoms. The molecule has 0 saturated carbocycles. The third-order valence-electron chi connectivity index (χ3n) is 2.75. The molecule has 1 saturated heterocycles. The van der Waals surface area contributed by atoms with Crippen molar-refractivity contribution in [2.24, 2.45) is 5.73 Å². The van der Waals surface area contributed by atoms with Crippen molar-refractivity contribution in [3.8, 4) is 0 Å². The fourth-order valence-corrected chi connectivity index (χ4v) is 1.66. The van der Waals surface area contributed by atoms with Gasteiger partial charge in [0.2, 0.25) is 5.91 Å². The molecule has 6 nitrogen and oxygen atoms in total. The Labute approximate surface area is 94.8 Å². The van der Waals surface area contributed by atoms with Gasteiger partial charge in [0, 0.05) is 19.1 Å². The predicted octanol–water partition coefficient (Wildman–Crippen LogP) is -1.00. The second-order valence-electron chi connectivity index (χ2n) is 4.24. The van der Waals surface area contributed by atoms with Crippen molar-refractivity contribution in [3.63, 3.8) is 0 Å². The molecule has 0 aromatic carbocycles. The number of nitrogens with zero attached hydrogens (tertiary/aromatic N) is 1. The highest BCUT2D eigenvalue weighted by Crippen LogP contribution is 2.07. The van der Waals surface area contributed by atoms with Crippen LogP contribution in [0, 0.1) is 0 Å². The topological polar surface area (TPSA) is 95.7 Å². The normalized spacial score (nSPS) is 20.4. The molecule has 0 aromatic heterocycles. The van der Waals surface area contributed by atoms with Crippen LogP contribution >= 0.6 is 0 Å². The first-order valence-electron chi connectivity index (χ1n) is 5.49. The van der Waals surface area contributed by atoms with Gasteiger partial charge < -0.3 is 16.2 Å². The monoisotopic (exact) mass is 229 g/mol. The van der Waals surface area contributed by atoms with Crippen molar-refractivity contribution in [1.29, 1.82) is 0 Å². The number of nitrogens with one attached hydrogen (secondary N) is 1. The van der Waals surface area contributed by atoms with E-state index < -0.39 is 12.0 Å². The molecule has 92 valence electrons. The van der Waals surface area contributed by atoms with Gasteiger partial charge in [-0.2, -0.15) is 0 Å². The smallest absolute Gasteiger partial charge is 0.325 e. The summed E-state index contributed by atoms with van der Waals surface area (Å²) in [7, 11) is 0. The van der Waals surface area contributed by atoms with Gasteiger partial charge in [0.1, 0.15) is 6.04 Å². The summed E-state index contributed by atoms with van der Waals surface area (Å²) in [5.41, 5.74) is 5.74. The van der Waals surface area contributed by atoms with Gasteiger partial charge in [-0.3, -0.25) is 14.5 Å². The number of aliphatic carboxylic acids is 1. The summed E-state index contributed by atoms with van der Waals surface area (Å²) >= 11 is 0. The lowest BCUT2D eigenvalue weighted by atomic mass is 10.1. The van der Waals surface area contributed by atoms with Gasteiger partial charge in [0.15, 0.2) is 0 Å². The van der Waals surface area contributed by atoms with Crippen LogP contribution in [0.4, 0.5) is 0 Å². The molecule has 0 aliphatic carbocycles. The summed E-state index contributed by atoms with van der Waals surface area (Å²) in [6, 6.07) is -0.600. The van der Waals surface area contributed by atoms with E-state index in [4.69, 9.17) is 10.8 Å². The number of carbonyl (C=O) groups is 2. The number of hydrogen-bond acceptors (Lipinski definition) is 4. The molecule has 0 bridgehead atoms. The van der Waals surface area contributed by atoms with Crippen molar-refractivity contribution in [2.75, 3.05) is 19.6 Å². The highest BCUT2D eigenvalue weighted by Gasteiger charge is 2.20. The van der Waals surface area contributed by atoms with Gasteiger partial charge in [-0.1, -0.05) is 0 Å². The van der Waals surface area contributed by atoms with E-state index in [2.05, 4.69) is 5.32 Å². The third-order valence-corrected chi connectivity index (χ3v) is 2.75. The second-order valence-corrected chi connectivity index (χ2v) is 4.24. The summed E-state index contributed by atoms with van der Waals surface area (Å²) in [6.45, 7) is 3.31. The zero-order chi connectivity index (χ0) is 12.1. The average molecular weight is 229 g/mol. The lowest BCUT2D eigenvalue weighted by Crippen LogP contribution is -2.47. The molecule has 0 radical (unpaired) electrons. The van der Waals surface area contributed by atoms with E-state index in [0.29, 0.717) is 0 Å². The molecule has 0 spiro atoms. The molecule has 1 atom stereocenters. The second kappa shape index (κ2) is 5.81. The minimum atomic E-state index is -1.02. The zero-order valence-corrected chi connectivity index (χ0v) is 9.48. The summed E-state index contributed by atoms with van der Waals surface area (Å²) in [6.07, 6.45) is 1.78. The van der Waals surface area contributed by atoms with Crippen LogP contribution in [0.15, 0.2) is 0 Å². The summed E-state index contributed by atoms with van der Waals surface area (Å²) in [5.74, 6) is -1.26. The van der Waals surface area contributed by atoms with E-state index in [0.717, 1.165) is 25.9 Å². The van der Waals surface area contributed by atoms with E-state index in [1.165, 1.54) is 6.92 Å². The zero-order valence-electron chi connectivity index (χ0n) is 9.48. The quantitative estimate of drug-likeness (QED) is 0.574. The summed E-state index contributed by atoms with van der Waals surface area (Å²) in [4.78, 5) is 24.0. The van der Waals surface area contributed by atoms with Crippen LogP contribution in [-0.4, -0.2) is 53.6 Å². The average Bonchev–Trinajstić information content (AvgIpc) is 2.21. The molecule has 0 unspecified atom stereocenters. The number of rotatable bonds is 4. The molecule has 1 aliphatic rings. The lowest BCUT2D eigenvalue weighted by molar-refractivity contribution is -0.141. The molecule has 4 N–H and O–H groups in total. The standard InChI is InChI=1S/C10H19N3O3/c1-7(10(15)16)12-9(14)6-13-4-2-8(11)3-5-13/h7-8H,2-6,11H2,1H3,(H,12,14)(H,15,16)/t7-/m1/s1. The maximum absolute atomic E-state index is 11.5. The molecule has 1 aliphatic heterocycles. The van der Waals surface area contributed by atoms with Crippen molar-refractivity contribution in [1.82, 2.24) is 10.2 Å². The van der Waals surface area contributed by atoms with Crippen molar-refractivity contribution in [3.05, 3.63) is 0 Å². The van der Waals surface area contributed by atoms with Crippen LogP contribution in [-0.2, 0) is 9.59 Å². The highest BCUT2D eigenvalue weighted by molar-refractivity contribution is 5.84. The highest BCUT2D eigenvalue weighted by atomic mass is 16.4. The van der Waals surface area contributed by atoms with Crippen molar-refractivity contribution >= 4 is 11.9 Å². The number of hydrogen-bond donors (Lipinski definition) is 3. The number of piperidine rings is 1. The van der Waals surface area contributed by atoms with Gasteiger partial charge in [-0.05, 0) is 19.8 Å². The van der Waals surface area contributed by atoms with Crippen LogP contribution in [0.2, 0.25) is 0 Å². The van der Waals surface area contributed by atoms with Crippen LogP contribution in [0.3, 0.4) is 0 Å². The summed E-state index contributed by atoms with van der Waals surface area (Å²) < 4.78 is 0. The Balaban J connectivity index is 2.26. The van der Waals surface area contributed by atoms with Crippen molar-refractivity contribution < 1.29 is 14.7 Å². The molecule has 6 heteroatoms. The molecule has 1 fully saturated rings. The number of likely N-dealkylation sites (tertiary alicyclic amines) is 1. The largest absolute Gasteiger partial charge is 0.480 e.